The van der Waals surface area contributed by atoms with E-state index in [1.54, 1.807) is 18.5 Å². The molecule has 200 valence electrons. The highest BCUT2D eigenvalue weighted by Gasteiger charge is 2.38. The van der Waals surface area contributed by atoms with Crippen LogP contribution in [0.3, 0.4) is 0 Å². The van der Waals surface area contributed by atoms with Crippen LogP contribution in [0.15, 0.2) is 42.7 Å². The molecule has 1 aliphatic heterocycles. The average Bonchev–Trinajstić information content (AvgIpc) is 2.86. The van der Waals surface area contributed by atoms with E-state index in [4.69, 9.17) is 5.73 Å². The van der Waals surface area contributed by atoms with Gasteiger partial charge in [-0.1, -0.05) is 6.92 Å². The van der Waals surface area contributed by atoms with Crippen LogP contribution in [0.1, 0.15) is 47.8 Å². The van der Waals surface area contributed by atoms with E-state index in [-0.39, 0.29) is 23.6 Å². The zero-order chi connectivity index (χ0) is 27.2. The molecule has 10 heteroatoms. The maximum Gasteiger partial charge on any atom is 0.185 e. The number of piperidine rings is 1. The van der Waals surface area contributed by atoms with Crippen LogP contribution in [0.25, 0.3) is 11.3 Å². The van der Waals surface area contributed by atoms with Gasteiger partial charge >= 0.3 is 0 Å². The van der Waals surface area contributed by atoms with Gasteiger partial charge in [0.1, 0.15) is 28.8 Å². The standard InChI is InChI=1S/C28H29F3N4O3/c1-15-13-35(14-21(32)27(15)37)23-5-8-33-12-16(23)9-24(36)22-4-3-18(29)26(34-22)25-19(30)10-17(11-20(25)31)28(38)6-2-7-28/h3-5,8,10-12,15,21,27,37-38H,2,6-7,9,13-14,32H2,1H3/t15-,21+,27+/m0/s1. The molecule has 1 saturated carbocycles. The summed E-state index contributed by atoms with van der Waals surface area (Å²) in [4.78, 5) is 23.3. The third kappa shape index (κ3) is 4.79. The van der Waals surface area contributed by atoms with Gasteiger partial charge in [0.05, 0.1) is 17.3 Å². The summed E-state index contributed by atoms with van der Waals surface area (Å²) in [6, 6.07) is 5.42. The van der Waals surface area contributed by atoms with Gasteiger partial charge in [0.25, 0.3) is 0 Å². The lowest BCUT2D eigenvalue weighted by molar-refractivity contribution is -0.0392. The van der Waals surface area contributed by atoms with E-state index >= 15 is 8.78 Å². The summed E-state index contributed by atoms with van der Waals surface area (Å²) in [5, 5.41) is 20.7. The van der Waals surface area contributed by atoms with Crippen molar-refractivity contribution in [2.45, 2.75) is 50.4 Å². The van der Waals surface area contributed by atoms with Crippen molar-refractivity contribution in [3.05, 3.63) is 77.0 Å². The third-order valence-corrected chi connectivity index (χ3v) is 7.66. The second-order valence-corrected chi connectivity index (χ2v) is 10.4. The second kappa shape index (κ2) is 10.1. The van der Waals surface area contributed by atoms with E-state index in [1.165, 1.54) is 6.07 Å². The van der Waals surface area contributed by atoms with Crippen molar-refractivity contribution in [3.63, 3.8) is 0 Å². The normalized spacial score (nSPS) is 22.7. The number of carbonyl (C=O) groups excluding carboxylic acids is 1. The highest BCUT2D eigenvalue weighted by molar-refractivity contribution is 5.97. The zero-order valence-corrected chi connectivity index (χ0v) is 20.9. The molecule has 2 aliphatic rings. The minimum atomic E-state index is -1.29. The highest BCUT2D eigenvalue weighted by atomic mass is 19.1. The smallest absolute Gasteiger partial charge is 0.185 e. The number of carbonyl (C=O) groups is 1. The minimum Gasteiger partial charge on any atom is -0.391 e. The van der Waals surface area contributed by atoms with Gasteiger partial charge < -0.3 is 20.8 Å². The number of benzene rings is 1. The molecular formula is C28H29F3N4O3. The number of Topliss-reactive ketones (excluding diaryl/α,β-unsaturated/α-hetero) is 1. The predicted molar refractivity (Wildman–Crippen MR) is 135 cm³/mol. The van der Waals surface area contributed by atoms with E-state index < -0.39 is 52.2 Å². The van der Waals surface area contributed by atoms with E-state index in [2.05, 4.69) is 9.97 Å². The molecule has 3 heterocycles. The SMILES string of the molecule is C[C@H]1CN(c2ccncc2CC(=O)c2ccc(F)c(-c3c(F)cc(C4(O)CCC4)cc3F)n2)C[C@@H](N)[C@@H]1O. The Balaban J connectivity index is 1.43. The lowest BCUT2D eigenvalue weighted by Crippen LogP contribution is -2.55. The molecule has 0 bridgehead atoms. The number of aromatic nitrogens is 2. The van der Waals surface area contributed by atoms with Crippen LogP contribution >= 0.6 is 0 Å². The van der Waals surface area contributed by atoms with Gasteiger partial charge in [-0.05, 0) is 55.2 Å². The number of nitrogens with zero attached hydrogens (tertiary/aromatic N) is 3. The highest BCUT2D eigenvalue weighted by Crippen LogP contribution is 2.42. The van der Waals surface area contributed by atoms with E-state index in [9.17, 15) is 19.4 Å². The molecule has 0 amide bonds. The van der Waals surface area contributed by atoms with Gasteiger partial charge in [-0.25, -0.2) is 18.2 Å². The van der Waals surface area contributed by atoms with Crippen LogP contribution in [-0.2, 0) is 12.0 Å². The van der Waals surface area contributed by atoms with Crippen molar-refractivity contribution in [3.8, 4) is 11.3 Å². The molecule has 1 saturated heterocycles. The molecule has 1 aliphatic carbocycles. The van der Waals surface area contributed by atoms with Gasteiger partial charge in [-0.2, -0.15) is 0 Å². The van der Waals surface area contributed by atoms with Crippen LogP contribution < -0.4 is 10.6 Å². The van der Waals surface area contributed by atoms with Crippen molar-refractivity contribution in [2.75, 3.05) is 18.0 Å². The minimum absolute atomic E-state index is 0.0852. The first-order valence-corrected chi connectivity index (χ1v) is 12.6. The summed E-state index contributed by atoms with van der Waals surface area (Å²) < 4.78 is 44.7. The largest absolute Gasteiger partial charge is 0.391 e. The van der Waals surface area contributed by atoms with E-state index in [0.717, 1.165) is 30.3 Å². The molecule has 2 fully saturated rings. The number of rotatable bonds is 6. The number of hydrogen-bond acceptors (Lipinski definition) is 7. The van der Waals surface area contributed by atoms with Gasteiger partial charge in [0, 0.05) is 55.1 Å². The number of anilines is 1. The molecule has 0 unspecified atom stereocenters. The van der Waals surface area contributed by atoms with E-state index in [0.29, 0.717) is 31.5 Å². The van der Waals surface area contributed by atoms with Crippen molar-refractivity contribution in [1.29, 1.82) is 0 Å². The molecule has 0 spiro atoms. The summed E-state index contributed by atoms with van der Waals surface area (Å²) in [5.41, 5.74) is 4.74. The number of nitrogens with two attached hydrogens (primary N) is 1. The van der Waals surface area contributed by atoms with Gasteiger partial charge in [0.2, 0.25) is 0 Å². The molecule has 3 atom stereocenters. The Labute approximate surface area is 218 Å². The number of hydrogen-bond donors (Lipinski definition) is 3. The Kier molecular flexibility index (Phi) is 6.97. The zero-order valence-electron chi connectivity index (χ0n) is 20.9. The third-order valence-electron chi connectivity index (χ3n) is 7.66. The van der Waals surface area contributed by atoms with Crippen molar-refractivity contribution in [1.82, 2.24) is 9.97 Å². The van der Waals surface area contributed by atoms with Crippen molar-refractivity contribution < 1.29 is 28.2 Å². The summed E-state index contributed by atoms with van der Waals surface area (Å²) >= 11 is 0. The Morgan fingerprint density at radius 2 is 1.84 bits per heavy atom. The number of aliphatic hydroxyl groups excluding tert-OH is 1. The Morgan fingerprint density at radius 3 is 2.47 bits per heavy atom. The average molecular weight is 527 g/mol. The lowest BCUT2D eigenvalue weighted by atomic mass is 9.75. The monoisotopic (exact) mass is 526 g/mol. The first-order valence-electron chi connectivity index (χ1n) is 12.6. The molecule has 38 heavy (non-hydrogen) atoms. The van der Waals surface area contributed by atoms with Crippen LogP contribution in [0, 0.1) is 23.4 Å². The molecular weight excluding hydrogens is 497 g/mol. The first kappa shape index (κ1) is 26.3. The van der Waals surface area contributed by atoms with Crippen LogP contribution in [0.2, 0.25) is 0 Å². The Morgan fingerprint density at radius 1 is 1.13 bits per heavy atom. The van der Waals surface area contributed by atoms with Crippen molar-refractivity contribution in [2.24, 2.45) is 11.7 Å². The number of aliphatic hydroxyl groups is 2. The van der Waals surface area contributed by atoms with Gasteiger partial charge in [-0.3, -0.25) is 9.78 Å². The molecule has 2 aromatic heterocycles. The maximum atomic E-state index is 15.0. The number of pyridine rings is 2. The predicted octanol–water partition coefficient (Wildman–Crippen LogP) is 3.50. The summed E-state index contributed by atoms with van der Waals surface area (Å²) in [5.74, 6) is -3.69. The first-order chi connectivity index (χ1) is 18.1. The number of ketones is 1. The summed E-state index contributed by atoms with van der Waals surface area (Å²) in [6.45, 7) is 2.81. The fraction of sp³-hybridized carbons (Fsp3) is 0.393. The van der Waals surface area contributed by atoms with Gasteiger partial charge in [0.15, 0.2) is 5.78 Å². The lowest BCUT2D eigenvalue weighted by Gasteiger charge is -2.40. The molecule has 5 rings (SSSR count). The van der Waals surface area contributed by atoms with Gasteiger partial charge in [-0.15, -0.1) is 0 Å². The molecule has 7 nitrogen and oxygen atoms in total. The van der Waals surface area contributed by atoms with Crippen LogP contribution in [0.5, 0.6) is 0 Å². The quantitative estimate of drug-likeness (QED) is 0.422. The summed E-state index contributed by atoms with van der Waals surface area (Å²) in [6.07, 6.45) is 3.89. The van der Waals surface area contributed by atoms with Crippen LogP contribution in [0.4, 0.5) is 18.9 Å². The summed E-state index contributed by atoms with van der Waals surface area (Å²) in [7, 11) is 0. The van der Waals surface area contributed by atoms with Crippen molar-refractivity contribution >= 4 is 11.5 Å². The Bertz CT molecular complexity index is 1350. The fourth-order valence-electron chi connectivity index (χ4n) is 5.28. The molecule has 4 N–H and O–H groups in total. The Hall–Kier alpha value is -3.34. The maximum absolute atomic E-state index is 15.0. The molecule has 1 aromatic carbocycles. The molecule has 0 radical (unpaired) electrons. The van der Waals surface area contributed by atoms with E-state index in [1.807, 2.05) is 11.8 Å². The topological polar surface area (TPSA) is 113 Å². The molecule has 3 aromatic rings. The fourth-order valence-corrected chi connectivity index (χ4v) is 5.28. The van der Waals surface area contributed by atoms with Crippen LogP contribution in [-0.4, -0.2) is 51.2 Å². The number of halogens is 3. The second-order valence-electron chi connectivity index (χ2n) is 10.4.